The maximum absolute atomic E-state index is 10.9. The Balaban J connectivity index is 1.64. The van der Waals surface area contributed by atoms with Crippen molar-refractivity contribution in [1.29, 1.82) is 0 Å². The Morgan fingerprint density at radius 1 is 1.33 bits per heavy atom. The molecule has 0 radical (unpaired) electrons. The van der Waals surface area contributed by atoms with E-state index < -0.39 is 0 Å². The minimum Gasteiger partial charge on any atom is -0.466 e. The Hall–Kier alpha value is -0.870. The summed E-state index contributed by atoms with van der Waals surface area (Å²) in [6.07, 6.45) is 9.82. The molecular formula is C14H22O4. The molecule has 0 bridgehead atoms. The van der Waals surface area contributed by atoms with Crippen LogP contribution in [0.2, 0.25) is 0 Å². The van der Waals surface area contributed by atoms with E-state index in [0.717, 1.165) is 57.7 Å². The largest absolute Gasteiger partial charge is 0.466 e. The normalized spacial score (nSPS) is 23.8. The lowest BCUT2D eigenvalue weighted by Gasteiger charge is -2.35. The van der Waals surface area contributed by atoms with Crippen LogP contribution in [-0.2, 0) is 19.0 Å². The molecule has 18 heavy (non-hydrogen) atoms. The fourth-order valence-electron chi connectivity index (χ4n) is 2.77. The minimum atomic E-state index is -0.273. The van der Waals surface area contributed by atoms with Crippen LogP contribution >= 0.6 is 0 Å². The van der Waals surface area contributed by atoms with Crippen LogP contribution < -0.4 is 0 Å². The molecule has 1 saturated carbocycles. The Morgan fingerprint density at radius 3 is 2.61 bits per heavy atom. The monoisotopic (exact) mass is 254 g/mol. The summed E-state index contributed by atoms with van der Waals surface area (Å²) in [7, 11) is 1.40. The molecular weight excluding hydrogens is 232 g/mol. The Bertz CT molecular complexity index is 295. The van der Waals surface area contributed by atoms with E-state index in [2.05, 4.69) is 4.74 Å². The predicted molar refractivity (Wildman–Crippen MR) is 67.0 cm³/mol. The van der Waals surface area contributed by atoms with E-state index in [1.165, 1.54) is 13.2 Å². The van der Waals surface area contributed by atoms with Crippen molar-refractivity contribution in [2.24, 2.45) is 5.92 Å². The number of ether oxygens (including phenoxy) is 3. The van der Waals surface area contributed by atoms with Gasteiger partial charge in [-0.1, -0.05) is 6.08 Å². The summed E-state index contributed by atoms with van der Waals surface area (Å²) < 4.78 is 16.0. The van der Waals surface area contributed by atoms with Crippen molar-refractivity contribution in [1.82, 2.24) is 0 Å². The summed E-state index contributed by atoms with van der Waals surface area (Å²) in [5.41, 5.74) is 0. The zero-order chi connectivity index (χ0) is 12.8. The van der Waals surface area contributed by atoms with Gasteiger partial charge in [-0.2, -0.15) is 0 Å². The van der Waals surface area contributed by atoms with Crippen LogP contribution in [0, 0.1) is 5.92 Å². The van der Waals surface area contributed by atoms with E-state index in [1.54, 1.807) is 0 Å². The second-order valence-electron chi connectivity index (χ2n) is 5.05. The second kappa shape index (κ2) is 6.34. The van der Waals surface area contributed by atoms with Crippen LogP contribution in [0.4, 0.5) is 0 Å². The van der Waals surface area contributed by atoms with Gasteiger partial charge >= 0.3 is 5.97 Å². The fraction of sp³-hybridized carbons (Fsp3) is 0.786. The molecule has 4 heteroatoms. The first kappa shape index (κ1) is 13.6. The second-order valence-corrected chi connectivity index (χ2v) is 5.05. The average Bonchev–Trinajstić information content (AvgIpc) is 2.85. The lowest BCUT2D eigenvalue weighted by Crippen LogP contribution is -2.35. The molecule has 0 atom stereocenters. The average molecular weight is 254 g/mol. The Morgan fingerprint density at radius 2 is 2.00 bits per heavy atom. The van der Waals surface area contributed by atoms with Gasteiger partial charge in [0.1, 0.15) is 0 Å². The van der Waals surface area contributed by atoms with Crippen molar-refractivity contribution in [2.75, 3.05) is 20.3 Å². The number of esters is 1. The smallest absolute Gasteiger partial charge is 0.330 e. The molecule has 4 nitrogen and oxygen atoms in total. The van der Waals surface area contributed by atoms with Gasteiger partial charge in [0, 0.05) is 18.9 Å². The number of hydrogen-bond donors (Lipinski definition) is 0. The number of hydrogen-bond acceptors (Lipinski definition) is 4. The lowest BCUT2D eigenvalue weighted by molar-refractivity contribution is -0.182. The van der Waals surface area contributed by atoms with Gasteiger partial charge < -0.3 is 14.2 Å². The van der Waals surface area contributed by atoms with Gasteiger partial charge in [-0.05, 0) is 31.6 Å². The molecule has 0 aromatic carbocycles. The quantitative estimate of drug-likeness (QED) is 0.571. The van der Waals surface area contributed by atoms with E-state index in [1.807, 2.05) is 6.08 Å². The molecule has 1 aliphatic heterocycles. The highest BCUT2D eigenvalue weighted by atomic mass is 16.7. The summed E-state index contributed by atoms with van der Waals surface area (Å²) in [6.45, 7) is 1.49. The highest BCUT2D eigenvalue weighted by molar-refractivity contribution is 5.81. The molecule has 1 heterocycles. The van der Waals surface area contributed by atoms with Gasteiger partial charge in [-0.25, -0.2) is 4.79 Å². The first-order valence-electron chi connectivity index (χ1n) is 6.76. The van der Waals surface area contributed by atoms with E-state index in [9.17, 15) is 4.79 Å². The lowest BCUT2D eigenvalue weighted by atomic mass is 9.82. The van der Waals surface area contributed by atoms with Crippen molar-refractivity contribution in [3.05, 3.63) is 12.2 Å². The fourth-order valence-corrected chi connectivity index (χ4v) is 2.77. The van der Waals surface area contributed by atoms with Crippen LogP contribution in [0.25, 0.3) is 0 Å². The third kappa shape index (κ3) is 3.56. The van der Waals surface area contributed by atoms with Gasteiger partial charge in [0.05, 0.1) is 20.3 Å². The van der Waals surface area contributed by atoms with Gasteiger partial charge in [-0.3, -0.25) is 0 Å². The van der Waals surface area contributed by atoms with E-state index in [-0.39, 0.29) is 11.8 Å². The molecule has 102 valence electrons. The van der Waals surface area contributed by atoms with Crippen LogP contribution in [0.15, 0.2) is 12.2 Å². The SMILES string of the molecule is COC(=O)/C=C/CCC1CCC2(CC1)OCCO2. The molecule has 0 aromatic rings. The van der Waals surface area contributed by atoms with E-state index >= 15 is 0 Å². The summed E-state index contributed by atoms with van der Waals surface area (Å²) in [6, 6.07) is 0. The summed E-state index contributed by atoms with van der Waals surface area (Å²) >= 11 is 0. The molecule has 1 aliphatic carbocycles. The molecule has 0 N–H and O–H groups in total. The highest BCUT2D eigenvalue weighted by Crippen LogP contribution is 2.39. The first-order valence-corrected chi connectivity index (χ1v) is 6.76. The standard InChI is InChI=1S/C14H22O4/c1-16-13(15)5-3-2-4-12-6-8-14(9-7-12)17-10-11-18-14/h3,5,12H,2,4,6-11H2,1H3/b5-3+. The maximum Gasteiger partial charge on any atom is 0.330 e. The number of rotatable bonds is 4. The molecule has 0 unspecified atom stereocenters. The Labute approximate surface area is 108 Å². The highest BCUT2D eigenvalue weighted by Gasteiger charge is 2.39. The molecule has 1 saturated heterocycles. The van der Waals surface area contributed by atoms with Crippen LogP contribution in [0.5, 0.6) is 0 Å². The topological polar surface area (TPSA) is 44.8 Å². The zero-order valence-corrected chi connectivity index (χ0v) is 11.0. The molecule has 2 fully saturated rings. The van der Waals surface area contributed by atoms with Crippen LogP contribution in [-0.4, -0.2) is 32.1 Å². The predicted octanol–water partition coefficient (Wildman–Crippen LogP) is 2.43. The van der Waals surface area contributed by atoms with Crippen molar-refractivity contribution < 1.29 is 19.0 Å². The van der Waals surface area contributed by atoms with Crippen molar-refractivity contribution in [3.63, 3.8) is 0 Å². The van der Waals surface area contributed by atoms with Crippen molar-refractivity contribution in [3.8, 4) is 0 Å². The number of allylic oxidation sites excluding steroid dienone is 1. The molecule has 0 aromatic heterocycles. The van der Waals surface area contributed by atoms with Crippen LogP contribution in [0.1, 0.15) is 38.5 Å². The summed E-state index contributed by atoms with van der Waals surface area (Å²) in [5.74, 6) is 0.203. The van der Waals surface area contributed by atoms with Gasteiger partial charge in [0.15, 0.2) is 5.79 Å². The molecule has 2 aliphatic rings. The van der Waals surface area contributed by atoms with E-state index in [0.29, 0.717) is 0 Å². The van der Waals surface area contributed by atoms with Gasteiger partial charge in [0.25, 0.3) is 0 Å². The number of carbonyl (C=O) groups excluding carboxylic acids is 1. The third-order valence-corrected chi connectivity index (χ3v) is 3.88. The number of carbonyl (C=O) groups is 1. The molecule has 0 amide bonds. The third-order valence-electron chi connectivity index (χ3n) is 3.88. The summed E-state index contributed by atoms with van der Waals surface area (Å²) in [5, 5.41) is 0. The maximum atomic E-state index is 10.9. The van der Waals surface area contributed by atoms with Crippen LogP contribution in [0.3, 0.4) is 0 Å². The van der Waals surface area contributed by atoms with Gasteiger partial charge in [0.2, 0.25) is 0 Å². The Kier molecular flexibility index (Phi) is 4.78. The van der Waals surface area contributed by atoms with E-state index in [4.69, 9.17) is 9.47 Å². The first-order chi connectivity index (χ1) is 8.74. The van der Waals surface area contributed by atoms with Gasteiger partial charge in [-0.15, -0.1) is 0 Å². The molecule has 2 rings (SSSR count). The minimum absolute atomic E-state index is 0.252. The van der Waals surface area contributed by atoms with Crippen molar-refractivity contribution >= 4 is 5.97 Å². The zero-order valence-electron chi connectivity index (χ0n) is 11.0. The van der Waals surface area contributed by atoms with Crippen molar-refractivity contribution in [2.45, 2.75) is 44.3 Å². The summed E-state index contributed by atoms with van der Waals surface area (Å²) in [4.78, 5) is 10.9. The molecule has 1 spiro atoms. The number of methoxy groups -OCH3 is 1.